The average molecular weight is 199 g/mol. The molecule has 13 heavy (non-hydrogen) atoms. The number of halogens is 1. The largest absolute Gasteiger partial charge is 0.496 e. The van der Waals surface area contributed by atoms with Crippen LogP contribution in [-0.2, 0) is 0 Å². The Kier molecular flexibility index (Phi) is 2.83. The van der Waals surface area contributed by atoms with E-state index in [4.69, 9.17) is 22.7 Å². The first-order valence-electron chi connectivity index (χ1n) is 3.70. The molecule has 0 radical (unpaired) electrons. The molecule has 2 nitrogen and oxygen atoms in total. The van der Waals surface area contributed by atoms with E-state index in [2.05, 4.69) is 0 Å². The normalized spacial score (nSPS) is 9.77. The third-order valence-corrected chi connectivity index (χ3v) is 1.87. The van der Waals surface area contributed by atoms with Gasteiger partial charge in [0.2, 0.25) is 0 Å². The Morgan fingerprint density at radius 3 is 2.62 bits per heavy atom. The van der Waals surface area contributed by atoms with Crippen molar-refractivity contribution in [3.63, 3.8) is 0 Å². The maximum Gasteiger partial charge on any atom is 0.137 e. The molecule has 2 N–H and O–H groups in total. The number of ether oxygens (including phenoxy) is 1. The van der Waals surface area contributed by atoms with Crippen molar-refractivity contribution in [2.75, 3.05) is 7.11 Å². The Hall–Kier alpha value is -1.16. The fraction of sp³-hybridized carbons (Fsp3) is 0.222. The molecule has 0 amide bonds. The van der Waals surface area contributed by atoms with Gasteiger partial charge in [0.25, 0.3) is 0 Å². The minimum absolute atomic E-state index is 0.00866. The highest BCUT2D eigenvalue weighted by Crippen LogP contribution is 2.23. The van der Waals surface area contributed by atoms with Crippen molar-refractivity contribution in [1.29, 1.82) is 0 Å². The minimum atomic E-state index is -0.440. The number of hydrogen-bond donors (Lipinski definition) is 1. The first-order valence-corrected chi connectivity index (χ1v) is 4.11. The van der Waals surface area contributed by atoms with Gasteiger partial charge in [-0.2, -0.15) is 0 Å². The van der Waals surface area contributed by atoms with Gasteiger partial charge < -0.3 is 10.5 Å². The van der Waals surface area contributed by atoms with E-state index in [0.29, 0.717) is 5.75 Å². The highest BCUT2D eigenvalue weighted by molar-refractivity contribution is 7.80. The topological polar surface area (TPSA) is 35.2 Å². The summed E-state index contributed by atoms with van der Waals surface area (Å²) >= 11 is 4.70. The van der Waals surface area contributed by atoms with Gasteiger partial charge >= 0.3 is 0 Å². The number of hydrogen-bond acceptors (Lipinski definition) is 2. The van der Waals surface area contributed by atoms with Gasteiger partial charge in [0.15, 0.2) is 0 Å². The predicted molar refractivity (Wildman–Crippen MR) is 53.6 cm³/mol. The van der Waals surface area contributed by atoms with E-state index in [1.165, 1.54) is 13.2 Å². The average Bonchev–Trinajstić information content (AvgIpc) is 2.01. The molecule has 0 bridgehead atoms. The van der Waals surface area contributed by atoms with E-state index >= 15 is 0 Å². The molecule has 0 fully saturated rings. The number of aryl methyl sites for hydroxylation is 1. The van der Waals surface area contributed by atoms with Crippen molar-refractivity contribution in [3.8, 4) is 5.75 Å². The van der Waals surface area contributed by atoms with Gasteiger partial charge in [-0.3, -0.25) is 0 Å². The molecule has 4 heteroatoms. The summed E-state index contributed by atoms with van der Waals surface area (Å²) in [7, 11) is 1.45. The second kappa shape index (κ2) is 3.70. The summed E-state index contributed by atoms with van der Waals surface area (Å²) in [6, 6.07) is 3.06. The molecule has 1 rings (SSSR count). The van der Waals surface area contributed by atoms with Crippen LogP contribution in [0.15, 0.2) is 12.1 Å². The fourth-order valence-corrected chi connectivity index (χ4v) is 1.31. The number of nitrogens with two attached hydrogens (primary N) is 1. The van der Waals surface area contributed by atoms with Crippen LogP contribution in [0, 0.1) is 12.7 Å². The van der Waals surface area contributed by atoms with Crippen LogP contribution in [-0.4, -0.2) is 12.1 Å². The van der Waals surface area contributed by atoms with Crippen LogP contribution in [0.4, 0.5) is 4.39 Å². The summed E-state index contributed by atoms with van der Waals surface area (Å²) < 4.78 is 18.3. The van der Waals surface area contributed by atoms with Crippen LogP contribution in [0.1, 0.15) is 11.1 Å². The minimum Gasteiger partial charge on any atom is -0.496 e. The Morgan fingerprint density at radius 1 is 1.54 bits per heavy atom. The molecular weight excluding hydrogens is 189 g/mol. The first kappa shape index (κ1) is 9.92. The van der Waals surface area contributed by atoms with Gasteiger partial charge in [-0.15, -0.1) is 0 Å². The summed E-state index contributed by atoms with van der Waals surface area (Å²) in [4.78, 5) is 0.00866. The zero-order valence-electron chi connectivity index (χ0n) is 7.43. The molecule has 0 aliphatic carbocycles. The summed E-state index contributed by atoms with van der Waals surface area (Å²) in [6.45, 7) is 1.77. The van der Waals surface area contributed by atoms with Crippen molar-refractivity contribution >= 4 is 17.2 Å². The Labute approximate surface area is 81.5 Å². The molecule has 1 aromatic carbocycles. The Balaban J connectivity index is 3.38. The van der Waals surface area contributed by atoms with Gasteiger partial charge in [0.1, 0.15) is 16.6 Å². The monoisotopic (exact) mass is 199 g/mol. The van der Waals surface area contributed by atoms with Crippen LogP contribution in [0.3, 0.4) is 0 Å². The molecular formula is C9H10FNOS. The lowest BCUT2D eigenvalue weighted by atomic mass is 10.1. The molecule has 1 aromatic rings. The first-order chi connectivity index (χ1) is 6.06. The van der Waals surface area contributed by atoms with Crippen LogP contribution < -0.4 is 10.5 Å². The summed E-state index contributed by atoms with van der Waals surface area (Å²) in [5.74, 6) is -0.0608. The van der Waals surface area contributed by atoms with Gasteiger partial charge in [0, 0.05) is 0 Å². The van der Waals surface area contributed by atoms with Gasteiger partial charge in [0.05, 0.1) is 12.7 Å². The molecule has 0 aliphatic rings. The zero-order chi connectivity index (χ0) is 10.0. The SMILES string of the molecule is COc1cc(C)cc(F)c1C(N)=S. The lowest BCUT2D eigenvalue weighted by molar-refractivity contribution is 0.410. The third-order valence-electron chi connectivity index (χ3n) is 1.66. The fourth-order valence-electron chi connectivity index (χ4n) is 1.11. The predicted octanol–water partition coefficient (Wildman–Crippen LogP) is 1.78. The standard InChI is InChI=1S/C9H10FNOS/c1-5-3-6(10)8(9(11)13)7(4-5)12-2/h3-4H,1-2H3,(H2,11,13). The lowest BCUT2D eigenvalue weighted by Crippen LogP contribution is -2.13. The van der Waals surface area contributed by atoms with Crippen molar-refractivity contribution in [1.82, 2.24) is 0 Å². The van der Waals surface area contributed by atoms with Crippen molar-refractivity contribution in [2.24, 2.45) is 5.73 Å². The molecule has 0 saturated carbocycles. The van der Waals surface area contributed by atoms with Gasteiger partial charge in [-0.25, -0.2) is 4.39 Å². The van der Waals surface area contributed by atoms with Crippen molar-refractivity contribution in [2.45, 2.75) is 6.92 Å². The maximum absolute atomic E-state index is 13.3. The second-order valence-electron chi connectivity index (χ2n) is 2.69. The summed E-state index contributed by atoms with van der Waals surface area (Å²) in [6.07, 6.45) is 0. The van der Waals surface area contributed by atoms with Gasteiger partial charge in [-0.05, 0) is 24.6 Å². The van der Waals surface area contributed by atoms with Crippen LogP contribution >= 0.6 is 12.2 Å². The summed E-state index contributed by atoms with van der Waals surface area (Å²) in [5, 5.41) is 0. The Bertz CT molecular complexity index is 352. The zero-order valence-corrected chi connectivity index (χ0v) is 8.24. The molecule has 0 unspecified atom stereocenters. The highest BCUT2D eigenvalue weighted by atomic mass is 32.1. The number of methoxy groups -OCH3 is 1. The van der Waals surface area contributed by atoms with E-state index in [1.807, 2.05) is 0 Å². The van der Waals surface area contributed by atoms with E-state index in [9.17, 15) is 4.39 Å². The van der Waals surface area contributed by atoms with Gasteiger partial charge in [-0.1, -0.05) is 12.2 Å². The molecule has 0 aromatic heterocycles. The highest BCUT2D eigenvalue weighted by Gasteiger charge is 2.12. The number of thiocarbonyl (C=S) groups is 1. The number of rotatable bonds is 2. The van der Waals surface area contributed by atoms with E-state index in [0.717, 1.165) is 5.56 Å². The van der Waals surface area contributed by atoms with Crippen molar-refractivity contribution < 1.29 is 9.13 Å². The molecule has 0 atom stereocenters. The molecule has 0 saturated heterocycles. The Morgan fingerprint density at radius 2 is 2.15 bits per heavy atom. The lowest BCUT2D eigenvalue weighted by Gasteiger charge is -2.08. The maximum atomic E-state index is 13.3. The smallest absolute Gasteiger partial charge is 0.137 e. The second-order valence-corrected chi connectivity index (χ2v) is 3.13. The molecule has 0 heterocycles. The van der Waals surface area contributed by atoms with E-state index in [-0.39, 0.29) is 10.6 Å². The van der Waals surface area contributed by atoms with Crippen LogP contribution in [0.5, 0.6) is 5.75 Å². The van der Waals surface area contributed by atoms with Crippen molar-refractivity contribution in [3.05, 3.63) is 29.1 Å². The number of benzene rings is 1. The molecule has 0 aliphatic heterocycles. The van der Waals surface area contributed by atoms with E-state index < -0.39 is 5.82 Å². The molecule has 70 valence electrons. The quantitative estimate of drug-likeness (QED) is 0.737. The third kappa shape index (κ3) is 1.95. The van der Waals surface area contributed by atoms with E-state index in [1.54, 1.807) is 13.0 Å². The summed E-state index contributed by atoms with van der Waals surface area (Å²) in [5.41, 5.74) is 6.29. The van der Waals surface area contributed by atoms with Crippen LogP contribution in [0.25, 0.3) is 0 Å². The molecule has 0 spiro atoms. The van der Waals surface area contributed by atoms with Crippen LogP contribution in [0.2, 0.25) is 0 Å².